The molecule has 2 aliphatic heterocycles. The van der Waals surface area contributed by atoms with E-state index in [1.165, 1.54) is 29.5 Å². The lowest BCUT2D eigenvalue weighted by atomic mass is 9.73. The third-order valence-corrected chi connectivity index (χ3v) is 5.05. The largest absolute Gasteiger partial charge is 0.364 e. The molecule has 1 nitrogen and oxygen atoms in total. The number of ether oxygens (including phenoxy) is 1. The molecule has 4 atom stereocenters. The molecular weight excluding hydrogens is 280 g/mol. The van der Waals surface area contributed by atoms with Crippen LogP contribution in [-0.4, -0.2) is 0 Å². The van der Waals surface area contributed by atoms with E-state index in [0.717, 1.165) is 6.42 Å². The summed E-state index contributed by atoms with van der Waals surface area (Å²) in [7, 11) is 0. The number of rotatable bonds is 3. The summed E-state index contributed by atoms with van der Waals surface area (Å²) < 4.78 is 6.38. The molecule has 0 N–H and O–H groups in total. The van der Waals surface area contributed by atoms with Crippen molar-refractivity contribution in [1.82, 2.24) is 0 Å². The van der Waals surface area contributed by atoms with Gasteiger partial charge in [-0.3, -0.25) is 0 Å². The van der Waals surface area contributed by atoms with E-state index in [-0.39, 0.29) is 18.1 Å². The molecule has 0 aliphatic carbocycles. The monoisotopic (exact) mass is 302 g/mol. The van der Waals surface area contributed by atoms with E-state index >= 15 is 0 Å². The average Bonchev–Trinajstić information content (AvgIpc) is 3.16. The minimum Gasteiger partial charge on any atom is -0.364 e. The van der Waals surface area contributed by atoms with E-state index in [0.29, 0.717) is 5.92 Å². The van der Waals surface area contributed by atoms with Crippen molar-refractivity contribution in [3.05, 3.63) is 71.3 Å². The minimum absolute atomic E-state index is 0.135. The molecule has 0 radical (unpaired) electrons. The van der Waals surface area contributed by atoms with Gasteiger partial charge < -0.3 is 4.74 Å². The van der Waals surface area contributed by atoms with Gasteiger partial charge in [-0.05, 0) is 23.1 Å². The molecule has 2 aromatic rings. The van der Waals surface area contributed by atoms with Crippen LogP contribution in [0.5, 0.6) is 0 Å². The van der Waals surface area contributed by atoms with Crippen LogP contribution in [0.2, 0.25) is 0 Å². The van der Waals surface area contributed by atoms with E-state index in [9.17, 15) is 0 Å². The summed E-state index contributed by atoms with van der Waals surface area (Å²) in [4.78, 5) is 0. The first-order valence-corrected chi connectivity index (χ1v) is 8.67. The van der Waals surface area contributed by atoms with E-state index in [1.807, 2.05) is 0 Å². The predicted octanol–water partition coefficient (Wildman–Crippen LogP) is 5.41. The number of fused-ring (bicyclic) bond motifs is 5. The summed E-state index contributed by atoms with van der Waals surface area (Å²) in [6.07, 6.45) is 3.67. The highest BCUT2D eigenvalue weighted by Gasteiger charge is 2.52. The van der Waals surface area contributed by atoms with E-state index < -0.39 is 0 Å². The Bertz CT molecular complexity index is 737. The van der Waals surface area contributed by atoms with Gasteiger partial charge in [-0.2, -0.15) is 0 Å². The number of benzene rings is 2. The molecule has 0 saturated carbocycles. The van der Waals surface area contributed by atoms with Crippen LogP contribution in [-0.2, 0) is 4.74 Å². The Morgan fingerprint density at radius 2 is 1.61 bits per heavy atom. The van der Waals surface area contributed by atoms with Gasteiger partial charge in [0.15, 0.2) is 0 Å². The van der Waals surface area contributed by atoms with E-state index in [4.69, 9.17) is 4.74 Å². The maximum Gasteiger partial charge on any atom is 0.0981 e. The fourth-order valence-electron chi connectivity index (χ4n) is 3.94. The lowest BCUT2D eigenvalue weighted by molar-refractivity contribution is 0.0627. The Balaban J connectivity index is 1.72. The first kappa shape index (κ1) is 14.5. The van der Waals surface area contributed by atoms with E-state index in [1.54, 1.807) is 0 Å². The molecule has 0 spiro atoms. The van der Waals surface area contributed by atoms with Crippen LogP contribution >= 0.6 is 0 Å². The molecule has 1 saturated heterocycles. The van der Waals surface area contributed by atoms with Crippen molar-refractivity contribution in [3.63, 3.8) is 0 Å². The van der Waals surface area contributed by atoms with Gasteiger partial charge in [0, 0.05) is 12.3 Å². The van der Waals surface area contributed by atoms with Gasteiger partial charge in [-0.15, -0.1) is 5.92 Å². The van der Waals surface area contributed by atoms with Crippen molar-refractivity contribution in [2.24, 2.45) is 5.92 Å². The van der Waals surface area contributed by atoms with Crippen molar-refractivity contribution in [3.8, 4) is 11.8 Å². The fraction of sp³-hybridized carbons (Fsp3) is 0.364. The van der Waals surface area contributed by atoms with Crippen molar-refractivity contribution < 1.29 is 4.74 Å². The van der Waals surface area contributed by atoms with Gasteiger partial charge in [-0.1, -0.05) is 73.9 Å². The maximum absolute atomic E-state index is 6.38. The van der Waals surface area contributed by atoms with Crippen LogP contribution < -0.4 is 0 Å². The predicted molar refractivity (Wildman–Crippen MR) is 93.0 cm³/mol. The average molecular weight is 302 g/mol. The molecule has 4 rings (SSSR count). The molecular formula is C22H22O. The zero-order chi connectivity index (χ0) is 15.6. The van der Waals surface area contributed by atoms with Gasteiger partial charge in [0.25, 0.3) is 0 Å². The number of hydrogen-bond acceptors (Lipinski definition) is 1. The molecule has 116 valence electrons. The molecule has 23 heavy (non-hydrogen) atoms. The Labute approximate surface area is 138 Å². The minimum atomic E-state index is 0.135. The third-order valence-electron chi connectivity index (χ3n) is 5.05. The normalized spacial score (nSPS) is 27.3. The van der Waals surface area contributed by atoms with Crippen molar-refractivity contribution >= 4 is 0 Å². The topological polar surface area (TPSA) is 9.23 Å². The molecule has 0 aromatic heterocycles. The van der Waals surface area contributed by atoms with E-state index in [2.05, 4.69) is 73.4 Å². The summed E-state index contributed by atoms with van der Waals surface area (Å²) >= 11 is 0. The van der Waals surface area contributed by atoms with Crippen LogP contribution in [0.15, 0.2) is 54.6 Å². The second-order valence-electron chi connectivity index (χ2n) is 6.49. The second kappa shape index (κ2) is 6.22. The number of unbranched alkanes of at least 4 members (excludes halogenated alkanes) is 2. The van der Waals surface area contributed by atoms with Gasteiger partial charge in [-0.25, -0.2) is 0 Å². The Hall–Kier alpha value is -2.04. The quantitative estimate of drug-likeness (QED) is 0.544. The molecule has 2 bridgehead atoms. The van der Waals surface area contributed by atoms with Crippen molar-refractivity contribution in [1.29, 1.82) is 0 Å². The molecule has 0 amide bonds. The van der Waals surface area contributed by atoms with Gasteiger partial charge in [0.05, 0.1) is 18.1 Å². The molecule has 2 aromatic carbocycles. The Morgan fingerprint density at radius 3 is 2.35 bits per heavy atom. The lowest BCUT2D eigenvalue weighted by Crippen LogP contribution is -2.19. The second-order valence-corrected chi connectivity index (χ2v) is 6.49. The van der Waals surface area contributed by atoms with Gasteiger partial charge in [0.2, 0.25) is 0 Å². The molecule has 0 unspecified atom stereocenters. The lowest BCUT2D eigenvalue weighted by Gasteiger charge is -2.26. The number of hydrogen-bond donors (Lipinski definition) is 0. The van der Waals surface area contributed by atoms with Crippen LogP contribution in [0.1, 0.15) is 61.0 Å². The summed E-state index contributed by atoms with van der Waals surface area (Å²) in [6, 6.07) is 19.4. The Morgan fingerprint density at radius 1 is 0.913 bits per heavy atom. The summed E-state index contributed by atoms with van der Waals surface area (Å²) in [5, 5.41) is 0. The first-order chi connectivity index (χ1) is 11.4. The van der Waals surface area contributed by atoms with Crippen LogP contribution in [0.3, 0.4) is 0 Å². The van der Waals surface area contributed by atoms with Crippen LogP contribution in [0.25, 0.3) is 0 Å². The zero-order valence-corrected chi connectivity index (χ0v) is 13.5. The molecule has 2 aliphatic rings. The zero-order valence-electron chi connectivity index (χ0n) is 13.5. The standard InChI is InChI=1S/C22H22O/c1-2-3-4-8-15-19-20(16-11-6-5-7-12-16)22-18-14-10-9-13-17(18)21(19)23-22/h5-7,9-14,19-22H,2-4H2,1H3/t19-,20+,21+,22-/m1/s1. The molecule has 1 heteroatoms. The highest BCUT2D eigenvalue weighted by Crippen LogP contribution is 2.60. The molecule has 2 heterocycles. The summed E-state index contributed by atoms with van der Waals surface area (Å²) in [5.41, 5.74) is 4.06. The third kappa shape index (κ3) is 2.48. The highest BCUT2D eigenvalue weighted by molar-refractivity contribution is 5.45. The van der Waals surface area contributed by atoms with Gasteiger partial charge >= 0.3 is 0 Å². The fourth-order valence-corrected chi connectivity index (χ4v) is 3.94. The van der Waals surface area contributed by atoms with Crippen LogP contribution in [0.4, 0.5) is 0 Å². The van der Waals surface area contributed by atoms with Crippen molar-refractivity contribution in [2.45, 2.75) is 44.3 Å². The first-order valence-electron chi connectivity index (χ1n) is 8.67. The van der Waals surface area contributed by atoms with Gasteiger partial charge in [0.1, 0.15) is 0 Å². The summed E-state index contributed by atoms with van der Waals surface area (Å²) in [6.45, 7) is 2.21. The SMILES string of the molecule is CCCCC#C[C@@H]1[C@H](c2ccccc2)[C@@H]2O[C@H]1c1ccccc12. The van der Waals surface area contributed by atoms with Crippen LogP contribution in [0, 0.1) is 17.8 Å². The van der Waals surface area contributed by atoms with Crippen molar-refractivity contribution in [2.75, 3.05) is 0 Å². The Kier molecular flexibility index (Phi) is 3.93. The maximum atomic E-state index is 6.38. The summed E-state index contributed by atoms with van der Waals surface area (Å²) in [5.74, 6) is 7.60. The molecule has 1 fully saturated rings. The smallest absolute Gasteiger partial charge is 0.0981 e. The highest BCUT2D eigenvalue weighted by atomic mass is 16.5.